The summed E-state index contributed by atoms with van der Waals surface area (Å²) in [6, 6.07) is 5.11. The standard InChI is InChI=1S/C14H19Cl2NO3/c1-3-19-14(18)6-7-17(2)8-9-20-13-5-4-11(15)10-12(13)16/h4-5,10H,3,6-9H2,1-2H3. The Bertz CT molecular complexity index is 440. The Morgan fingerprint density at radius 2 is 2.05 bits per heavy atom. The topological polar surface area (TPSA) is 38.8 Å². The van der Waals surface area contributed by atoms with Crippen LogP contribution in [0.2, 0.25) is 10.0 Å². The Morgan fingerprint density at radius 3 is 2.70 bits per heavy atom. The third-order valence-electron chi connectivity index (χ3n) is 2.63. The second-order valence-corrected chi connectivity index (χ2v) is 5.13. The van der Waals surface area contributed by atoms with E-state index >= 15 is 0 Å². The lowest BCUT2D eigenvalue weighted by Gasteiger charge is -2.16. The smallest absolute Gasteiger partial charge is 0.307 e. The van der Waals surface area contributed by atoms with Crippen LogP contribution in [0.3, 0.4) is 0 Å². The van der Waals surface area contributed by atoms with E-state index in [1.165, 1.54) is 0 Å². The molecule has 112 valence electrons. The molecule has 0 aromatic heterocycles. The van der Waals surface area contributed by atoms with Crippen molar-refractivity contribution >= 4 is 29.2 Å². The number of esters is 1. The molecule has 6 heteroatoms. The normalized spacial score (nSPS) is 10.7. The van der Waals surface area contributed by atoms with Crippen LogP contribution in [0.5, 0.6) is 5.75 Å². The lowest BCUT2D eigenvalue weighted by molar-refractivity contribution is -0.143. The number of ether oxygens (including phenoxy) is 2. The van der Waals surface area contributed by atoms with Crippen molar-refractivity contribution in [3.8, 4) is 5.75 Å². The predicted octanol–water partition coefficient (Wildman–Crippen LogP) is 3.26. The number of nitrogens with zero attached hydrogens (tertiary/aromatic N) is 1. The van der Waals surface area contributed by atoms with Gasteiger partial charge in [0.15, 0.2) is 0 Å². The summed E-state index contributed by atoms with van der Waals surface area (Å²) in [6.45, 7) is 4.03. The van der Waals surface area contributed by atoms with Crippen molar-refractivity contribution in [2.45, 2.75) is 13.3 Å². The van der Waals surface area contributed by atoms with Gasteiger partial charge in [0.2, 0.25) is 0 Å². The lowest BCUT2D eigenvalue weighted by atomic mass is 10.3. The van der Waals surface area contributed by atoms with E-state index < -0.39 is 0 Å². The summed E-state index contributed by atoms with van der Waals surface area (Å²) in [7, 11) is 1.92. The molecule has 20 heavy (non-hydrogen) atoms. The summed E-state index contributed by atoms with van der Waals surface area (Å²) in [5.41, 5.74) is 0. The third-order valence-corrected chi connectivity index (χ3v) is 3.16. The summed E-state index contributed by atoms with van der Waals surface area (Å²) in [5.74, 6) is 0.427. The first-order valence-corrected chi connectivity index (χ1v) is 7.20. The van der Waals surface area contributed by atoms with Crippen LogP contribution in [0.4, 0.5) is 0 Å². The zero-order valence-corrected chi connectivity index (χ0v) is 13.2. The molecule has 0 aliphatic heterocycles. The van der Waals surface area contributed by atoms with E-state index in [-0.39, 0.29) is 5.97 Å². The average molecular weight is 320 g/mol. The molecular formula is C14H19Cl2NO3. The van der Waals surface area contributed by atoms with E-state index in [4.69, 9.17) is 32.7 Å². The molecule has 4 nitrogen and oxygen atoms in total. The highest BCUT2D eigenvalue weighted by atomic mass is 35.5. The molecule has 0 radical (unpaired) electrons. The minimum atomic E-state index is -0.180. The first kappa shape index (κ1) is 17.1. The summed E-state index contributed by atoms with van der Waals surface area (Å²) in [5, 5.41) is 1.07. The maximum atomic E-state index is 11.2. The van der Waals surface area contributed by atoms with E-state index in [1.807, 2.05) is 11.9 Å². The highest BCUT2D eigenvalue weighted by Crippen LogP contribution is 2.27. The first-order valence-electron chi connectivity index (χ1n) is 6.45. The third kappa shape index (κ3) is 6.46. The van der Waals surface area contributed by atoms with Crippen molar-refractivity contribution in [3.63, 3.8) is 0 Å². The quantitative estimate of drug-likeness (QED) is 0.689. The van der Waals surface area contributed by atoms with Gasteiger partial charge in [-0.05, 0) is 32.2 Å². The molecule has 0 atom stereocenters. The van der Waals surface area contributed by atoms with Gasteiger partial charge < -0.3 is 14.4 Å². The molecular weight excluding hydrogens is 301 g/mol. The Morgan fingerprint density at radius 1 is 1.30 bits per heavy atom. The molecule has 0 unspecified atom stereocenters. The number of benzene rings is 1. The molecule has 1 aromatic carbocycles. The molecule has 0 amide bonds. The second-order valence-electron chi connectivity index (χ2n) is 4.28. The van der Waals surface area contributed by atoms with Crippen molar-refractivity contribution in [1.29, 1.82) is 0 Å². The van der Waals surface area contributed by atoms with Gasteiger partial charge in [-0.2, -0.15) is 0 Å². The first-order chi connectivity index (χ1) is 9.52. The van der Waals surface area contributed by atoms with Gasteiger partial charge in [-0.25, -0.2) is 0 Å². The van der Waals surface area contributed by atoms with E-state index in [0.29, 0.717) is 48.5 Å². The molecule has 0 N–H and O–H groups in total. The van der Waals surface area contributed by atoms with E-state index in [2.05, 4.69) is 0 Å². The molecule has 0 bridgehead atoms. The Hall–Kier alpha value is -0.970. The van der Waals surface area contributed by atoms with Crippen molar-refractivity contribution in [2.75, 3.05) is 33.4 Å². The molecule has 1 aromatic rings. The number of carbonyl (C=O) groups excluding carboxylic acids is 1. The zero-order chi connectivity index (χ0) is 15.0. The van der Waals surface area contributed by atoms with E-state index in [0.717, 1.165) is 0 Å². The number of halogens is 2. The Balaban J connectivity index is 2.24. The highest BCUT2D eigenvalue weighted by Gasteiger charge is 2.06. The molecule has 0 heterocycles. The van der Waals surface area contributed by atoms with Gasteiger partial charge in [0.25, 0.3) is 0 Å². The minimum Gasteiger partial charge on any atom is -0.491 e. The summed E-state index contributed by atoms with van der Waals surface area (Å²) < 4.78 is 10.4. The molecule has 1 rings (SSSR count). The molecule has 0 aliphatic rings. The van der Waals surface area contributed by atoms with Crippen molar-refractivity contribution in [1.82, 2.24) is 4.90 Å². The number of carbonyl (C=O) groups is 1. The predicted molar refractivity (Wildman–Crippen MR) is 80.7 cm³/mol. The van der Waals surface area contributed by atoms with Crippen LogP contribution in [-0.4, -0.2) is 44.2 Å². The summed E-state index contributed by atoms with van der Waals surface area (Å²) >= 11 is 11.8. The summed E-state index contributed by atoms with van der Waals surface area (Å²) in [6.07, 6.45) is 0.381. The van der Waals surface area contributed by atoms with Gasteiger partial charge in [-0.3, -0.25) is 4.79 Å². The SMILES string of the molecule is CCOC(=O)CCN(C)CCOc1ccc(Cl)cc1Cl. The largest absolute Gasteiger partial charge is 0.491 e. The molecule has 0 aliphatic carbocycles. The second kappa shape index (κ2) is 9.06. The number of hydrogen-bond acceptors (Lipinski definition) is 4. The van der Waals surface area contributed by atoms with E-state index in [1.54, 1.807) is 25.1 Å². The van der Waals surface area contributed by atoms with E-state index in [9.17, 15) is 4.79 Å². The van der Waals surface area contributed by atoms with Crippen LogP contribution in [0.1, 0.15) is 13.3 Å². The van der Waals surface area contributed by atoms with Crippen molar-refractivity contribution in [3.05, 3.63) is 28.2 Å². The maximum Gasteiger partial charge on any atom is 0.307 e. The monoisotopic (exact) mass is 319 g/mol. The van der Waals surface area contributed by atoms with Gasteiger partial charge in [0.05, 0.1) is 18.1 Å². The fourth-order valence-electron chi connectivity index (χ4n) is 1.53. The van der Waals surface area contributed by atoms with Crippen molar-refractivity contribution < 1.29 is 14.3 Å². The average Bonchev–Trinajstić information content (AvgIpc) is 2.39. The number of likely N-dealkylation sites (N-methyl/N-ethyl adjacent to an activating group) is 1. The fourth-order valence-corrected chi connectivity index (χ4v) is 1.99. The van der Waals surface area contributed by atoms with Crippen LogP contribution in [0.15, 0.2) is 18.2 Å². The van der Waals surface area contributed by atoms with Gasteiger partial charge >= 0.3 is 5.97 Å². The zero-order valence-electron chi connectivity index (χ0n) is 11.7. The van der Waals surface area contributed by atoms with Gasteiger partial charge in [0.1, 0.15) is 12.4 Å². The van der Waals surface area contributed by atoms with Crippen LogP contribution in [0.25, 0.3) is 0 Å². The molecule has 0 saturated heterocycles. The van der Waals surface area contributed by atoms with Gasteiger partial charge in [-0.1, -0.05) is 23.2 Å². The number of hydrogen-bond donors (Lipinski definition) is 0. The molecule has 0 saturated carbocycles. The molecule has 0 spiro atoms. The van der Waals surface area contributed by atoms with Crippen molar-refractivity contribution in [2.24, 2.45) is 0 Å². The van der Waals surface area contributed by atoms with Gasteiger partial charge in [0, 0.05) is 18.1 Å². The molecule has 0 fully saturated rings. The van der Waals surface area contributed by atoms with Crippen LogP contribution >= 0.6 is 23.2 Å². The van der Waals surface area contributed by atoms with Gasteiger partial charge in [-0.15, -0.1) is 0 Å². The minimum absolute atomic E-state index is 0.180. The van der Waals surface area contributed by atoms with Crippen LogP contribution < -0.4 is 4.74 Å². The fraction of sp³-hybridized carbons (Fsp3) is 0.500. The summed E-state index contributed by atoms with van der Waals surface area (Å²) in [4.78, 5) is 13.2. The van der Waals surface area contributed by atoms with Crippen LogP contribution in [-0.2, 0) is 9.53 Å². The Kier molecular flexibility index (Phi) is 7.73. The Labute approximate surface area is 129 Å². The highest BCUT2D eigenvalue weighted by molar-refractivity contribution is 6.35. The maximum absolute atomic E-state index is 11.2. The number of rotatable bonds is 8. The lowest BCUT2D eigenvalue weighted by Crippen LogP contribution is -2.27. The van der Waals surface area contributed by atoms with Crippen LogP contribution in [0, 0.1) is 0 Å².